The van der Waals surface area contributed by atoms with Gasteiger partial charge in [-0.15, -0.1) is 0 Å². The number of aryl methyl sites for hydroxylation is 1. The van der Waals surface area contributed by atoms with Gasteiger partial charge in [0.05, 0.1) is 5.69 Å². The zero-order valence-electron chi connectivity index (χ0n) is 17.1. The minimum Gasteiger partial charge on any atom is -0.392 e. The maximum absolute atomic E-state index is 6.01. The lowest BCUT2D eigenvalue weighted by atomic mass is 9.96. The topological polar surface area (TPSA) is 65.4 Å². The van der Waals surface area contributed by atoms with E-state index in [0.717, 1.165) is 23.5 Å². The van der Waals surface area contributed by atoms with Gasteiger partial charge in [0.2, 0.25) is 0 Å². The molecule has 2 N–H and O–H groups in total. The number of amidine groups is 1. The van der Waals surface area contributed by atoms with Crippen molar-refractivity contribution < 1.29 is 4.84 Å². The van der Waals surface area contributed by atoms with Gasteiger partial charge in [-0.25, -0.2) is 4.98 Å². The first-order valence-electron chi connectivity index (χ1n) is 9.20. The number of nitrogens with zero attached hydrogens (tertiary/aromatic N) is 3. The Bertz CT molecular complexity index is 751. The fraction of sp³-hybridized carbons (Fsp3) is 0.524. The van der Waals surface area contributed by atoms with E-state index in [9.17, 15) is 0 Å². The molecule has 0 amide bonds. The van der Waals surface area contributed by atoms with Crippen LogP contribution >= 0.6 is 0 Å². The van der Waals surface area contributed by atoms with E-state index in [-0.39, 0.29) is 17.4 Å². The lowest BCUT2D eigenvalue weighted by molar-refractivity contribution is 0.0844. The molecular weight excluding hydrogens is 324 g/mol. The molecule has 2 rings (SSSR count). The van der Waals surface area contributed by atoms with Gasteiger partial charge in [-0.3, -0.25) is 0 Å². The van der Waals surface area contributed by atoms with Crippen LogP contribution in [0.3, 0.4) is 0 Å². The fourth-order valence-electron chi connectivity index (χ4n) is 2.83. The summed E-state index contributed by atoms with van der Waals surface area (Å²) in [4.78, 5) is 10.1. The van der Waals surface area contributed by atoms with Crippen molar-refractivity contribution in [3.8, 4) is 11.3 Å². The molecule has 5 nitrogen and oxygen atoms in total. The Morgan fingerprint density at radius 2 is 1.81 bits per heavy atom. The largest absolute Gasteiger partial charge is 0.392 e. The third-order valence-corrected chi connectivity index (χ3v) is 4.21. The molecule has 0 bridgehead atoms. The minimum absolute atomic E-state index is 0.0251. The molecule has 0 fully saturated rings. The van der Waals surface area contributed by atoms with Crippen LogP contribution in [0.1, 0.15) is 52.9 Å². The predicted octanol–water partition coefficient (Wildman–Crippen LogP) is 4.26. The molecule has 2 aromatic rings. The van der Waals surface area contributed by atoms with Gasteiger partial charge in [-0.05, 0) is 25.8 Å². The summed E-state index contributed by atoms with van der Waals surface area (Å²) in [7, 11) is 2.05. The molecule has 1 aromatic carbocycles. The van der Waals surface area contributed by atoms with Crippen molar-refractivity contribution in [3.63, 3.8) is 0 Å². The van der Waals surface area contributed by atoms with E-state index >= 15 is 0 Å². The van der Waals surface area contributed by atoms with Crippen LogP contribution in [0.15, 0.2) is 35.6 Å². The van der Waals surface area contributed by atoms with E-state index in [1.807, 2.05) is 13.8 Å². The number of benzene rings is 1. The van der Waals surface area contributed by atoms with E-state index in [2.05, 4.69) is 74.9 Å². The van der Waals surface area contributed by atoms with Crippen LogP contribution in [-0.2, 0) is 23.7 Å². The van der Waals surface area contributed by atoms with Gasteiger partial charge in [-0.1, -0.05) is 57.1 Å². The predicted molar refractivity (Wildman–Crippen MR) is 108 cm³/mol. The normalized spacial score (nSPS) is 13.9. The van der Waals surface area contributed by atoms with Crippen LogP contribution in [0.5, 0.6) is 0 Å². The monoisotopic (exact) mass is 356 g/mol. The Morgan fingerprint density at radius 3 is 2.31 bits per heavy atom. The second-order valence-electron chi connectivity index (χ2n) is 8.28. The fourth-order valence-corrected chi connectivity index (χ4v) is 2.83. The number of oxime groups is 1. The van der Waals surface area contributed by atoms with Crippen LogP contribution in [-0.4, -0.2) is 21.5 Å². The average Bonchev–Trinajstić information content (AvgIpc) is 2.95. The highest BCUT2D eigenvalue weighted by Gasteiger charge is 2.20. The summed E-state index contributed by atoms with van der Waals surface area (Å²) in [5.41, 5.74) is 9.38. The highest BCUT2D eigenvalue weighted by molar-refractivity contribution is 5.82. The van der Waals surface area contributed by atoms with Crippen LogP contribution in [0.4, 0.5) is 0 Å². The van der Waals surface area contributed by atoms with Crippen molar-refractivity contribution in [1.29, 1.82) is 0 Å². The van der Waals surface area contributed by atoms with Gasteiger partial charge in [-0.2, -0.15) is 0 Å². The van der Waals surface area contributed by atoms with E-state index in [0.29, 0.717) is 5.84 Å². The second-order valence-corrected chi connectivity index (χ2v) is 8.28. The van der Waals surface area contributed by atoms with Gasteiger partial charge < -0.3 is 15.1 Å². The first-order valence-corrected chi connectivity index (χ1v) is 9.20. The zero-order chi connectivity index (χ0) is 19.5. The minimum atomic E-state index is 0.0251. The molecule has 1 heterocycles. The summed E-state index contributed by atoms with van der Waals surface area (Å²) in [6.07, 6.45) is 2.95. The molecule has 0 radical (unpaired) electrons. The maximum atomic E-state index is 6.01. The third-order valence-electron chi connectivity index (χ3n) is 4.21. The number of aromatic nitrogens is 2. The Hall–Kier alpha value is -2.30. The van der Waals surface area contributed by atoms with Gasteiger partial charge in [0, 0.05) is 30.1 Å². The molecule has 0 aliphatic rings. The Morgan fingerprint density at radius 1 is 1.19 bits per heavy atom. The number of imidazole rings is 1. The summed E-state index contributed by atoms with van der Waals surface area (Å²) in [6, 6.07) is 8.51. The Kier molecular flexibility index (Phi) is 6.11. The molecule has 1 atom stereocenters. The molecule has 1 aromatic heterocycles. The lowest BCUT2D eigenvalue weighted by Gasteiger charge is -2.17. The lowest BCUT2D eigenvalue weighted by Crippen LogP contribution is -2.24. The van der Waals surface area contributed by atoms with Gasteiger partial charge in [0.15, 0.2) is 0 Å². The van der Waals surface area contributed by atoms with Crippen molar-refractivity contribution in [1.82, 2.24) is 9.55 Å². The van der Waals surface area contributed by atoms with E-state index in [1.165, 1.54) is 5.56 Å². The molecule has 26 heavy (non-hydrogen) atoms. The van der Waals surface area contributed by atoms with Crippen molar-refractivity contribution in [2.24, 2.45) is 23.9 Å². The second kappa shape index (κ2) is 7.94. The Balaban J connectivity index is 2.10. The standard InChI is InChI=1S/C21H32N4O/c1-14(2)26-24-19(22)15(3)12-16-8-10-17(11-9-16)18-13-25(7)20(23-18)21(4,5)6/h8-11,13-15H,12H2,1-7H3,(H2,22,24). The maximum Gasteiger partial charge on any atom is 0.142 e. The first kappa shape index (κ1) is 20.0. The highest BCUT2D eigenvalue weighted by atomic mass is 16.6. The third kappa shape index (κ3) is 5.10. The van der Waals surface area contributed by atoms with Crippen molar-refractivity contribution >= 4 is 5.84 Å². The van der Waals surface area contributed by atoms with Gasteiger partial charge in [0.1, 0.15) is 17.8 Å². The molecule has 0 aliphatic carbocycles. The van der Waals surface area contributed by atoms with Crippen LogP contribution in [0.2, 0.25) is 0 Å². The number of hydrogen-bond donors (Lipinski definition) is 1. The Labute approximate surface area is 157 Å². The summed E-state index contributed by atoms with van der Waals surface area (Å²) >= 11 is 0. The quantitative estimate of drug-likeness (QED) is 0.478. The molecule has 1 unspecified atom stereocenters. The summed E-state index contributed by atoms with van der Waals surface area (Å²) in [6.45, 7) is 12.5. The first-order chi connectivity index (χ1) is 12.1. The summed E-state index contributed by atoms with van der Waals surface area (Å²) < 4.78 is 2.11. The van der Waals surface area contributed by atoms with Crippen molar-refractivity contribution in [2.75, 3.05) is 0 Å². The molecule has 0 spiro atoms. The number of nitrogens with two attached hydrogens (primary N) is 1. The van der Waals surface area contributed by atoms with E-state index in [4.69, 9.17) is 15.6 Å². The molecule has 5 heteroatoms. The molecule has 0 saturated heterocycles. The number of rotatable bonds is 6. The number of hydrogen-bond acceptors (Lipinski definition) is 3. The summed E-state index contributed by atoms with van der Waals surface area (Å²) in [5, 5.41) is 4.00. The van der Waals surface area contributed by atoms with E-state index < -0.39 is 0 Å². The van der Waals surface area contributed by atoms with Crippen LogP contribution < -0.4 is 5.73 Å². The molecular formula is C21H32N4O. The molecule has 0 aliphatic heterocycles. The molecule has 0 saturated carbocycles. The smallest absolute Gasteiger partial charge is 0.142 e. The average molecular weight is 357 g/mol. The van der Waals surface area contributed by atoms with Gasteiger partial charge >= 0.3 is 0 Å². The van der Waals surface area contributed by atoms with Crippen LogP contribution in [0.25, 0.3) is 11.3 Å². The molecule has 142 valence electrons. The summed E-state index contributed by atoms with van der Waals surface area (Å²) in [5.74, 6) is 1.74. The van der Waals surface area contributed by atoms with Crippen LogP contribution in [0, 0.1) is 5.92 Å². The zero-order valence-corrected chi connectivity index (χ0v) is 17.1. The van der Waals surface area contributed by atoms with Gasteiger partial charge in [0.25, 0.3) is 0 Å². The highest BCUT2D eigenvalue weighted by Crippen LogP contribution is 2.26. The van der Waals surface area contributed by atoms with E-state index in [1.54, 1.807) is 0 Å². The SMILES string of the molecule is CC(C)O/N=C(\N)C(C)Cc1ccc(-c2cn(C)c(C(C)(C)C)n2)cc1. The van der Waals surface area contributed by atoms with Crippen molar-refractivity contribution in [2.45, 2.75) is 59.5 Å². The van der Waals surface area contributed by atoms with Crippen molar-refractivity contribution in [3.05, 3.63) is 41.9 Å².